The van der Waals surface area contributed by atoms with Gasteiger partial charge in [-0.2, -0.15) is 0 Å². The van der Waals surface area contributed by atoms with E-state index in [1.54, 1.807) is 0 Å². The third kappa shape index (κ3) is 2.62. The van der Waals surface area contributed by atoms with Crippen molar-refractivity contribution < 1.29 is 9.47 Å². The van der Waals surface area contributed by atoms with Crippen LogP contribution in [0.2, 0.25) is 0 Å². The molecule has 0 unspecified atom stereocenters. The van der Waals surface area contributed by atoms with Gasteiger partial charge in [-0.3, -0.25) is 0 Å². The Bertz CT molecular complexity index is 533. The van der Waals surface area contributed by atoms with E-state index in [1.807, 2.05) is 12.1 Å². The van der Waals surface area contributed by atoms with E-state index in [2.05, 4.69) is 64.8 Å². The van der Waals surface area contributed by atoms with Crippen molar-refractivity contribution in [3.8, 4) is 0 Å². The van der Waals surface area contributed by atoms with Gasteiger partial charge < -0.3 is 9.47 Å². The summed E-state index contributed by atoms with van der Waals surface area (Å²) >= 11 is 7.42. The molecule has 0 aromatic heterocycles. The SMILES string of the molecule is CC(C)[C@@]12C[C@H](OCc3ccccc3Br)[C@@](C)(C[C@H]1Br)O2. The molecule has 2 bridgehead atoms. The van der Waals surface area contributed by atoms with E-state index in [4.69, 9.17) is 9.47 Å². The van der Waals surface area contributed by atoms with Gasteiger partial charge in [-0.25, -0.2) is 0 Å². The molecule has 1 aromatic rings. The zero-order chi connectivity index (χ0) is 15.3. The van der Waals surface area contributed by atoms with Gasteiger partial charge in [-0.05, 0) is 30.9 Å². The molecule has 0 radical (unpaired) electrons. The number of hydrogen-bond acceptors (Lipinski definition) is 2. The number of fused-ring (bicyclic) bond motifs is 2. The van der Waals surface area contributed by atoms with Crippen molar-refractivity contribution in [2.75, 3.05) is 0 Å². The molecule has 2 aliphatic heterocycles. The van der Waals surface area contributed by atoms with E-state index < -0.39 is 0 Å². The van der Waals surface area contributed by atoms with Crippen molar-refractivity contribution in [3.63, 3.8) is 0 Å². The average Bonchev–Trinajstić information content (AvgIpc) is 2.86. The molecule has 0 N–H and O–H groups in total. The Morgan fingerprint density at radius 1 is 1.33 bits per heavy atom. The van der Waals surface area contributed by atoms with Crippen molar-refractivity contribution in [3.05, 3.63) is 34.3 Å². The predicted molar refractivity (Wildman–Crippen MR) is 91.7 cm³/mol. The lowest BCUT2D eigenvalue weighted by Gasteiger charge is -2.35. The Morgan fingerprint density at radius 2 is 2.05 bits per heavy atom. The summed E-state index contributed by atoms with van der Waals surface area (Å²) in [6, 6.07) is 8.24. The number of halogens is 2. The number of rotatable bonds is 4. The summed E-state index contributed by atoms with van der Waals surface area (Å²) < 4.78 is 13.8. The van der Waals surface area contributed by atoms with Gasteiger partial charge >= 0.3 is 0 Å². The van der Waals surface area contributed by atoms with Crippen molar-refractivity contribution >= 4 is 31.9 Å². The molecule has 2 fully saturated rings. The fraction of sp³-hybridized carbons (Fsp3) is 0.647. The molecular weight excluding hydrogens is 396 g/mol. The highest BCUT2D eigenvalue weighted by Crippen LogP contribution is 2.57. The quantitative estimate of drug-likeness (QED) is 0.636. The fourth-order valence-corrected chi connectivity index (χ4v) is 5.55. The largest absolute Gasteiger partial charge is 0.370 e. The Morgan fingerprint density at radius 3 is 2.67 bits per heavy atom. The molecule has 0 saturated carbocycles. The van der Waals surface area contributed by atoms with E-state index in [1.165, 1.54) is 5.56 Å². The highest BCUT2D eigenvalue weighted by Gasteiger charge is 2.65. The molecule has 4 heteroatoms. The Balaban J connectivity index is 1.73. The van der Waals surface area contributed by atoms with Crippen LogP contribution in [0.3, 0.4) is 0 Å². The Hall–Kier alpha value is 0.1000. The monoisotopic (exact) mass is 416 g/mol. The van der Waals surface area contributed by atoms with Crippen LogP contribution in [0, 0.1) is 5.92 Å². The van der Waals surface area contributed by atoms with Crippen LogP contribution < -0.4 is 0 Å². The second kappa shape index (κ2) is 5.63. The first-order chi connectivity index (χ1) is 9.87. The van der Waals surface area contributed by atoms with Crippen LogP contribution in [0.4, 0.5) is 0 Å². The molecule has 2 aliphatic rings. The number of hydrogen-bond donors (Lipinski definition) is 0. The molecule has 4 atom stereocenters. The molecule has 21 heavy (non-hydrogen) atoms. The lowest BCUT2D eigenvalue weighted by atomic mass is 9.75. The standard InChI is InChI=1S/C17H22Br2O2/c1-11(2)17-9-15(16(3,21-17)8-14(17)19)20-10-12-6-4-5-7-13(12)18/h4-7,11,14-15H,8-10H2,1-3H3/t14-,15+,16-,17+/m1/s1. The van der Waals surface area contributed by atoms with Crippen LogP contribution >= 0.6 is 31.9 Å². The van der Waals surface area contributed by atoms with E-state index in [0.717, 1.165) is 17.3 Å². The van der Waals surface area contributed by atoms with Gasteiger partial charge in [0.05, 0.1) is 23.9 Å². The van der Waals surface area contributed by atoms with Crippen molar-refractivity contribution in [1.82, 2.24) is 0 Å². The van der Waals surface area contributed by atoms with E-state index in [-0.39, 0.29) is 17.3 Å². The van der Waals surface area contributed by atoms with E-state index in [9.17, 15) is 0 Å². The van der Waals surface area contributed by atoms with Crippen molar-refractivity contribution in [1.29, 1.82) is 0 Å². The highest BCUT2D eigenvalue weighted by atomic mass is 79.9. The van der Waals surface area contributed by atoms with Gasteiger partial charge in [0, 0.05) is 15.7 Å². The van der Waals surface area contributed by atoms with Gasteiger partial charge in [0.25, 0.3) is 0 Å². The predicted octanol–water partition coefficient (Wildman–Crippen LogP) is 5.08. The van der Waals surface area contributed by atoms with Crippen molar-refractivity contribution in [2.45, 2.75) is 62.4 Å². The molecular formula is C17H22Br2O2. The van der Waals surface area contributed by atoms with E-state index >= 15 is 0 Å². The van der Waals surface area contributed by atoms with Crippen LogP contribution in [0.1, 0.15) is 39.2 Å². The summed E-state index contributed by atoms with van der Waals surface area (Å²) in [6.45, 7) is 7.32. The zero-order valence-electron chi connectivity index (χ0n) is 12.7. The second-order valence-electron chi connectivity index (χ2n) is 6.79. The first-order valence-electron chi connectivity index (χ1n) is 7.57. The maximum atomic E-state index is 6.47. The van der Waals surface area contributed by atoms with Gasteiger partial charge in [0.15, 0.2) is 0 Å². The Labute approximate surface area is 143 Å². The molecule has 0 spiro atoms. The first-order valence-corrected chi connectivity index (χ1v) is 9.27. The van der Waals surface area contributed by atoms with Crippen LogP contribution in [0.15, 0.2) is 28.7 Å². The van der Waals surface area contributed by atoms with Crippen LogP contribution in [-0.2, 0) is 16.1 Å². The minimum absolute atomic E-state index is 0.0761. The van der Waals surface area contributed by atoms with E-state index in [0.29, 0.717) is 17.4 Å². The number of ether oxygens (including phenoxy) is 2. The lowest BCUT2D eigenvalue weighted by Crippen LogP contribution is -2.44. The number of alkyl halides is 1. The maximum absolute atomic E-state index is 6.47. The van der Waals surface area contributed by atoms with Gasteiger partial charge in [0.1, 0.15) is 0 Å². The van der Waals surface area contributed by atoms with Gasteiger partial charge in [-0.1, -0.05) is 63.9 Å². The van der Waals surface area contributed by atoms with Crippen LogP contribution in [-0.4, -0.2) is 22.1 Å². The lowest BCUT2D eigenvalue weighted by molar-refractivity contribution is -0.0956. The fourth-order valence-electron chi connectivity index (χ4n) is 3.70. The van der Waals surface area contributed by atoms with Gasteiger partial charge in [0.2, 0.25) is 0 Å². The summed E-state index contributed by atoms with van der Waals surface area (Å²) in [6.07, 6.45) is 2.16. The molecule has 2 nitrogen and oxygen atoms in total. The maximum Gasteiger partial charge on any atom is 0.0936 e. The topological polar surface area (TPSA) is 18.5 Å². The minimum atomic E-state index is -0.167. The molecule has 2 saturated heterocycles. The van der Waals surface area contributed by atoms with Crippen LogP contribution in [0.25, 0.3) is 0 Å². The third-order valence-electron chi connectivity index (χ3n) is 5.10. The molecule has 3 rings (SSSR count). The van der Waals surface area contributed by atoms with Gasteiger partial charge in [-0.15, -0.1) is 0 Å². The Kier molecular flexibility index (Phi) is 4.28. The summed E-state index contributed by atoms with van der Waals surface area (Å²) in [5, 5.41) is 0. The van der Waals surface area contributed by atoms with Crippen LogP contribution in [0.5, 0.6) is 0 Å². The number of benzene rings is 1. The summed E-state index contributed by atoms with van der Waals surface area (Å²) in [4.78, 5) is 0.429. The molecule has 0 amide bonds. The highest BCUT2D eigenvalue weighted by molar-refractivity contribution is 9.10. The minimum Gasteiger partial charge on any atom is -0.370 e. The normalized spacial score (nSPS) is 38.4. The summed E-state index contributed by atoms with van der Waals surface area (Å²) in [7, 11) is 0. The molecule has 0 aliphatic carbocycles. The first kappa shape index (κ1) is 16.0. The molecule has 1 aromatic carbocycles. The zero-order valence-corrected chi connectivity index (χ0v) is 15.9. The van der Waals surface area contributed by atoms with Crippen molar-refractivity contribution in [2.24, 2.45) is 5.92 Å². The smallest absolute Gasteiger partial charge is 0.0936 e. The molecule has 116 valence electrons. The third-order valence-corrected chi connectivity index (χ3v) is 6.97. The summed E-state index contributed by atoms with van der Waals surface area (Å²) in [5.41, 5.74) is 0.949. The average molecular weight is 418 g/mol. The summed E-state index contributed by atoms with van der Waals surface area (Å²) in [5.74, 6) is 0.487. The second-order valence-corrected chi connectivity index (χ2v) is 8.75. The molecule has 2 heterocycles.